The molecule has 2 heterocycles. The van der Waals surface area contributed by atoms with Crippen LogP contribution in [-0.2, 0) is 4.79 Å². The summed E-state index contributed by atoms with van der Waals surface area (Å²) in [6.45, 7) is 11.5. The first kappa shape index (κ1) is 18.6. The lowest BCUT2D eigenvalue weighted by atomic mass is 9.93. The molecule has 1 aliphatic rings. The molecular formula is C23H20N4O2. The van der Waals surface area contributed by atoms with Crippen molar-refractivity contribution in [3.8, 4) is 11.1 Å². The van der Waals surface area contributed by atoms with Crippen molar-refractivity contribution >= 4 is 17.3 Å². The number of aliphatic imine (C=N–C) groups is 1. The minimum absolute atomic E-state index is 0.0880. The molecule has 0 radical (unpaired) electrons. The number of fused-ring (bicyclic) bond motifs is 3. The van der Waals surface area contributed by atoms with Gasteiger partial charge in [-0.1, -0.05) is 53.7 Å². The molecule has 6 nitrogen and oxygen atoms in total. The normalized spacial score (nSPS) is 14.8. The van der Waals surface area contributed by atoms with Crippen molar-refractivity contribution in [1.29, 1.82) is 0 Å². The van der Waals surface area contributed by atoms with Crippen LogP contribution in [-0.4, -0.2) is 23.3 Å². The first-order valence-electron chi connectivity index (χ1n) is 9.50. The van der Waals surface area contributed by atoms with E-state index in [2.05, 4.69) is 15.3 Å². The molecule has 0 bridgehead atoms. The van der Waals surface area contributed by atoms with E-state index in [4.69, 9.17) is 16.1 Å². The van der Waals surface area contributed by atoms with Gasteiger partial charge in [0.05, 0.1) is 30.0 Å². The van der Waals surface area contributed by atoms with E-state index in [1.54, 1.807) is 12.1 Å². The summed E-state index contributed by atoms with van der Waals surface area (Å²) in [7, 11) is 0. The van der Waals surface area contributed by atoms with Crippen molar-refractivity contribution < 1.29 is 9.32 Å². The maximum absolute atomic E-state index is 12.4. The lowest BCUT2D eigenvalue weighted by molar-refractivity contribution is -0.121. The molecule has 6 heteroatoms. The second kappa shape index (κ2) is 7.72. The van der Waals surface area contributed by atoms with Crippen molar-refractivity contribution in [1.82, 2.24) is 10.5 Å². The molecule has 1 atom stereocenters. The fraction of sp³-hybridized carbons (Fsp3) is 0.217. The van der Waals surface area contributed by atoms with Gasteiger partial charge in [-0.2, -0.15) is 0 Å². The number of carbonyl (C=O) groups excluding carboxylic acids is 1. The highest BCUT2D eigenvalue weighted by Crippen LogP contribution is 2.40. The van der Waals surface area contributed by atoms with Crippen molar-refractivity contribution in [2.75, 3.05) is 6.54 Å². The van der Waals surface area contributed by atoms with Gasteiger partial charge in [-0.05, 0) is 25.0 Å². The van der Waals surface area contributed by atoms with Crippen molar-refractivity contribution in [2.24, 2.45) is 4.99 Å². The standard InChI is InChI=1S/C23H20N4O2/c1-4-25-20(28)13-19-23-21(14(2)27-29-23)17-7-5-6-8-18(17)22(26-19)15-9-11-16(24-3)12-10-15/h5-12,19H,4,13H2,1-2H3,(H,25,28)/t19-/m0/s1. The Morgan fingerprint density at radius 2 is 1.90 bits per heavy atom. The van der Waals surface area contributed by atoms with Crippen LogP contribution in [0.1, 0.15) is 42.0 Å². The Hall–Kier alpha value is -3.72. The number of carbonyl (C=O) groups is 1. The fourth-order valence-electron chi connectivity index (χ4n) is 3.64. The summed E-state index contributed by atoms with van der Waals surface area (Å²) in [6, 6.07) is 14.8. The largest absolute Gasteiger partial charge is 0.358 e. The smallest absolute Gasteiger partial charge is 0.222 e. The zero-order chi connectivity index (χ0) is 20.4. The molecule has 0 spiro atoms. The SMILES string of the molecule is [C-]#[N+]c1ccc(C2=N[C@@H](CC(=O)NCC)c3onc(C)c3-c3ccccc32)cc1. The average molecular weight is 384 g/mol. The number of nitrogens with zero attached hydrogens (tertiary/aromatic N) is 3. The van der Waals surface area contributed by atoms with Gasteiger partial charge in [-0.15, -0.1) is 0 Å². The number of aryl methyl sites for hydroxylation is 1. The van der Waals surface area contributed by atoms with E-state index in [0.717, 1.165) is 33.7 Å². The zero-order valence-electron chi connectivity index (χ0n) is 16.3. The van der Waals surface area contributed by atoms with E-state index in [9.17, 15) is 4.79 Å². The Bertz CT molecular complexity index is 1140. The third-order valence-electron chi connectivity index (χ3n) is 4.95. The third kappa shape index (κ3) is 3.43. The molecule has 1 aromatic heterocycles. The van der Waals surface area contributed by atoms with Crippen LogP contribution in [0.15, 0.2) is 58.0 Å². The summed E-state index contributed by atoms with van der Waals surface area (Å²) in [5.74, 6) is 0.517. The highest BCUT2D eigenvalue weighted by atomic mass is 16.5. The van der Waals surface area contributed by atoms with Gasteiger partial charge in [-0.25, -0.2) is 4.85 Å². The molecule has 0 saturated carbocycles. The van der Waals surface area contributed by atoms with Crippen LogP contribution in [0, 0.1) is 13.5 Å². The molecule has 4 rings (SSSR count). The Labute approximate surface area is 169 Å². The molecule has 0 fully saturated rings. The number of hydrogen-bond donors (Lipinski definition) is 1. The van der Waals surface area contributed by atoms with Gasteiger partial charge >= 0.3 is 0 Å². The number of rotatable bonds is 4. The molecule has 0 unspecified atom stereocenters. The van der Waals surface area contributed by atoms with E-state index >= 15 is 0 Å². The Balaban J connectivity index is 1.91. The molecule has 0 aliphatic carbocycles. The highest BCUT2D eigenvalue weighted by Gasteiger charge is 2.31. The number of nitrogens with one attached hydrogen (secondary N) is 1. The van der Waals surface area contributed by atoms with E-state index in [-0.39, 0.29) is 12.3 Å². The Morgan fingerprint density at radius 3 is 2.59 bits per heavy atom. The Morgan fingerprint density at radius 1 is 1.17 bits per heavy atom. The second-order valence-corrected chi connectivity index (χ2v) is 6.86. The van der Waals surface area contributed by atoms with Crippen LogP contribution < -0.4 is 5.32 Å². The van der Waals surface area contributed by atoms with Gasteiger partial charge in [0.2, 0.25) is 5.91 Å². The number of benzene rings is 2. The minimum atomic E-state index is -0.485. The second-order valence-electron chi connectivity index (χ2n) is 6.86. The van der Waals surface area contributed by atoms with Crippen LogP contribution in [0.3, 0.4) is 0 Å². The molecular weight excluding hydrogens is 364 g/mol. The van der Waals surface area contributed by atoms with Gasteiger partial charge in [0.15, 0.2) is 11.4 Å². The molecule has 144 valence electrons. The van der Waals surface area contributed by atoms with Gasteiger partial charge in [0.25, 0.3) is 0 Å². The molecule has 1 N–H and O–H groups in total. The van der Waals surface area contributed by atoms with E-state index < -0.39 is 6.04 Å². The lowest BCUT2D eigenvalue weighted by Gasteiger charge is -2.12. The van der Waals surface area contributed by atoms with Crippen LogP contribution in [0.5, 0.6) is 0 Å². The summed E-state index contributed by atoms with van der Waals surface area (Å²) < 4.78 is 5.66. The quantitative estimate of drug-likeness (QED) is 0.667. The highest BCUT2D eigenvalue weighted by molar-refractivity contribution is 6.17. The van der Waals surface area contributed by atoms with Gasteiger partial charge < -0.3 is 9.84 Å². The Kier molecular flexibility index (Phi) is 4.96. The van der Waals surface area contributed by atoms with Crippen molar-refractivity contribution in [3.05, 3.63) is 82.5 Å². The van der Waals surface area contributed by atoms with Crippen LogP contribution >= 0.6 is 0 Å². The van der Waals surface area contributed by atoms with Crippen molar-refractivity contribution in [3.63, 3.8) is 0 Å². The fourth-order valence-corrected chi connectivity index (χ4v) is 3.64. The molecule has 0 saturated heterocycles. The average Bonchev–Trinajstić information content (AvgIpc) is 3.06. The van der Waals surface area contributed by atoms with E-state index in [0.29, 0.717) is 18.0 Å². The first-order valence-corrected chi connectivity index (χ1v) is 9.50. The number of hydrogen-bond acceptors (Lipinski definition) is 4. The van der Waals surface area contributed by atoms with Gasteiger partial charge in [0, 0.05) is 12.1 Å². The first-order chi connectivity index (χ1) is 14.1. The summed E-state index contributed by atoms with van der Waals surface area (Å²) in [5, 5.41) is 6.99. The molecule has 2 aromatic carbocycles. The zero-order valence-corrected chi connectivity index (χ0v) is 16.3. The summed E-state index contributed by atoms with van der Waals surface area (Å²) in [5.41, 5.74) is 5.84. The summed E-state index contributed by atoms with van der Waals surface area (Å²) >= 11 is 0. The van der Waals surface area contributed by atoms with E-state index in [1.807, 2.05) is 50.2 Å². The van der Waals surface area contributed by atoms with Crippen LogP contribution in [0.25, 0.3) is 16.0 Å². The van der Waals surface area contributed by atoms with E-state index in [1.165, 1.54) is 0 Å². The molecule has 29 heavy (non-hydrogen) atoms. The monoisotopic (exact) mass is 384 g/mol. The third-order valence-corrected chi connectivity index (χ3v) is 4.95. The minimum Gasteiger partial charge on any atom is -0.358 e. The van der Waals surface area contributed by atoms with Gasteiger partial charge in [-0.3, -0.25) is 9.79 Å². The van der Waals surface area contributed by atoms with Crippen LogP contribution in [0.4, 0.5) is 5.69 Å². The summed E-state index contributed by atoms with van der Waals surface area (Å²) in [4.78, 5) is 20.8. The lowest BCUT2D eigenvalue weighted by Crippen LogP contribution is -2.24. The maximum Gasteiger partial charge on any atom is 0.222 e. The van der Waals surface area contributed by atoms with Crippen molar-refractivity contribution in [2.45, 2.75) is 26.3 Å². The number of amides is 1. The maximum atomic E-state index is 12.4. The molecule has 3 aromatic rings. The predicted molar refractivity (Wildman–Crippen MR) is 111 cm³/mol. The number of aromatic nitrogens is 1. The van der Waals surface area contributed by atoms with Crippen LogP contribution in [0.2, 0.25) is 0 Å². The topological polar surface area (TPSA) is 71.8 Å². The summed E-state index contributed by atoms with van der Waals surface area (Å²) in [6.07, 6.45) is 0.174. The molecule has 1 amide bonds. The van der Waals surface area contributed by atoms with Gasteiger partial charge in [0.1, 0.15) is 6.04 Å². The predicted octanol–water partition coefficient (Wildman–Crippen LogP) is 4.62. The molecule has 1 aliphatic heterocycles.